The summed E-state index contributed by atoms with van der Waals surface area (Å²) in [4.78, 5) is 1.51. The van der Waals surface area contributed by atoms with Gasteiger partial charge in [0.05, 0.1) is 3.79 Å². The molecule has 2 fully saturated rings. The van der Waals surface area contributed by atoms with Crippen molar-refractivity contribution >= 4 is 37.3 Å². The minimum Gasteiger partial charge on any atom is -0.309 e. The highest BCUT2D eigenvalue weighted by atomic mass is 79.9. The molecule has 0 radical (unpaired) electrons. The number of hydrogen-bond donors (Lipinski definition) is 1. The van der Waals surface area contributed by atoms with Gasteiger partial charge in [0, 0.05) is 30.1 Å². The van der Waals surface area contributed by atoms with Crippen molar-refractivity contribution in [1.29, 1.82) is 0 Å². The fourth-order valence-electron chi connectivity index (χ4n) is 2.31. The summed E-state index contributed by atoms with van der Waals surface area (Å²) in [7, 11) is -3.35. The van der Waals surface area contributed by atoms with E-state index in [-0.39, 0.29) is 6.04 Å². The van der Waals surface area contributed by atoms with Crippen LogP contribution in [-0.4, -0.2) is 31.4 Å². The summed E-state index contributed by atoms with van der Waals surface area (Å²) in [6.45, 7) is 3.22. The zero-order chi connectivity index (χ0) is 14.3. The number of hydrogen-bond acceptors (Lipinski definition) is 4. The Morgan fingerprint density at radius 2 is 2.10 bits per heavy atom. The summed E-state index contributed by atoms with van der Waals surface area (Å²) in [5.74, 6) is 0. The van der Waals surface area contributed by atoms with Crippen LogP contribution in [0.2, 0.25) is 0 Å². The molecule has 0 atom stereocenters. The molecule has 7 heteroatoms. The van der Waals surface area contributed by atoms with Crippen LogP contribution in [-0.2, 0) is 16.6 Å². The van der Waals surface area contributed by atoms with Gasteiger partial charge in [-0.15, -0.1) is 11.3 Å². The summed E-state index contributed by atoms with van der Waals surface area (Å²) in [6.07, 6.45) is 4.46. The van der Waals surface area contributed by atoms with Gasteiger partial charge in [-0.2, -0.15) is 4.31 Å². The second kappa shape index (κ2) is 5.68. The SMILES string of the molecule is CCN(C1CC1)S(=O)(=O)c1cc(CNC2CC2)sc1Br. The van der Waals surface area contributed by atoms with Crippen LogP contribution in [0.15, 0.2) is 14.7 Å². The molecule has 0 aliphatic heterocycles. The lowest BCUT2D eigenvalue weighted by Gasteiger charge is -2.19. The minimum absolute atomic E-state index is 0.213. The smallest absolute Gasteiger partial charge is 0.245 e. The summed E-state index contributed by atoms with van der Waals surface area (Å²) in [6, 6.07) is 2.67. The second-order valence-electron chi connectivity index (χ2n) is 5.45. The average molecular weight is 379 g/mol. The normalized spacial score (nSPS) is 19.8. The number of halogens is 1. The predicted molar refractivity (Wildman–Crippen MR) is 84.5 cm³/mol. The average Bonchev–Trinajstić information content (AvgIpc) is 3.28. The Kier molecular flexibility index (Phi) is 4.25. The van der Waals surface area contributed by atoms with Gasteiger partial charge in [0.1, 0.15) is 4.90 Å². The first kappa shape index (κ1) is 15.0. The number of nitrogens with one attached hydrogen (secondary N) is 1. The van der Waals surface area contributed by atoms with E-state index in [1.54, 1.807) is 4.31 Å². The Morgan fingerprint density at radius 1 is 1.40 bits per heavy atom. The van der Waals surface area contributed by atoms with Crippen molar-refractivity contribution in [2.45, 2.75) is 56.1 Å². The fraction of sp³-hybridized carbons (Fsp3) is 0.692. The molecule has 0 bridgehead atoms. The lowest BCUT2D eigenvalue weighted by molar-refractivity contribution is 0.421. The molecule has 2 saturated carbocycles. The van der Waals surface area contributed by atoms with E-state index in [9.17, 15) is 8.42 Å². The van der Waals surface area contributed by atoms with Gasteiger partial charge in [-0.3, -0.25) is 0 Å². The molecule has 2 aliphatic carbocycles. The molecule has 0 unspecified atom stereocenters. The highest BCUT2D eigenvalue weighted by Crippen LogP contribution is 2.38. The van der Waals surface area contributed by atoms with E-state index in [0.717, 1.165) is 28.0 Å². The molecule has 0 spiro atoms. The Hall–Kier alpha value is 0.0500. The molecule has 1 aromatic heterocycles. The predicted octanol–water partition coefficient (Wildman–Crippen LogP) is 2.94. The van der Waals surface area contributed by atoms with E-state index in [4.69, 9.17) is 0 Å². The van der Waals surface area contributed by atoms with Crippen LogP contribution in [0.5, 0.6) is 0 Å². The van der Waals surface area contributed by atoms with Crippen LogP contribution in [0.4, 0.5) is 0 Å². The number of sulfonamides is 1. The summed E-state index contributed by atoms with van der Waals surface area (Å²) in [5.41, 5.74) is 0. The topological polar surface area (TPSA) is 49.4 Å². The van der Waals surface area contributed by atoms with Crippen LogP contribution in [0, 0.1) is 0 Å². The Morgan fingerprint density at radius 3 is 2.65 bits per heavy atom. The van der Waals surface area contributed by atoms with Gasteiger partial charge < -0.3 is 5.32 Å². The van der Waals surface area contributed by atoms with Crippen molar-refractivity contribution in [2.24, 2.45) is 0 Å². The van der Waals surface area contributed by atoms with Gasteiger partial charge in [-0.25, -0.2) is 8.42 Å². The molecule has 0 amide bonds. The number of nitrogens with zero attached hydrogens (tertiary/aromatic N) is 1. The van der Waals surface area contributed by atoms with Crippen molar-refractivity contribution in [1.82, 2.24) is 9.62 Å². The van der Waals surface area contributed by atoms with E-state index in [0.29, 0.717) is 17.5 Å². The lowest BCUT2D eigenvalue weighted by Crippen LogP contribution is -2.32. The highest BCUT2D eigenvalue weighted by Gasteiger charge is 2.38. The van der Waals surface area contributed by atoms with Gasteiger partial charge in [0.25, 0.3) is 0 Å². The maximum atomic E-state index is 12.7. The maximum Gasteiger partial charge on any atom is 0.245 e. The van der Waals surface area contributed by atoms with Crippen molar-refractivity contribution < 1.29 is 8.42 Å². The van der Waals surface area contributed by atoms with Gasteiger partial charge in [0.2, 0.25) is 10.0 Å². The zero-order valence-electron chi connectivity index (χ0n) is 11.4. The van der Waals surface area contributed by atoms with E-state index in [1.807, 2.05) is 13.0 Å². The van der Waals surface area contributed by atoms with Crippen LogP contribution < -0.4 is 5.32 Å². The number of thiophene rings is 1. The van der Waals surface area contributed by atoms with Crippen LogP contribution in [0.25, 0.3) is 0 Å². The summed E-state index contributed by atoms with van der Waals surface area (Å²) < 4.78 is 27.8. The van der Waals surface area contributed by atoms with Crippen molar-refractivity contribution in [3.63, 3.8) is 0 Å². The molecule has 4 nitrogen and oxygen atoms in total. The molecule has 2 aliphatic rings. The molecule has 0 saturated heterocycles. The van der Waals surface area contributed by atoms with Gasteiger partial charge in [0.15, 0.2) is 0 Å². The first-order valence-electron chi connectivity index (χ1n) is 7.05. The first-order chi connectivity index (χ1) is 9.52. The van der Waals surface area contributed by atoms with Crippen LogP contribution >= 0.6 is 27.3 Å². The molecule has 0 aromatic carbocycles. The van der Waals surface area contributed by atoms with E-state index >= 15 is 0 Å². The third-order valence-corrected chi connectivity index (χ3v) is 7.98. The molecule has 1 aromatic rings. The van der Waals surface area contributed by atoms with E-state index < -0.39 is 10.0 Å². The first-order valence-corrected chi connectivity index (χ1v) is 10.1. The van der Waals surface area contributed by atoms with Gasteiger partial charge in [-0.05, 0) is 47.7 Å². The van der Waals surface area contributed by atoms with E-state index in [2.05, 4.69) is 21.2 Å². The molecular weight excluding hydrogens is 360 g/mol. The number of rotatable bonds is 7. The Balaban J connectivity index is 1.80. The van der Waals surface area contributed by atoms with Crippen LogP contribution in [0.1, 0.15) is 37.5 Å². The third-order valence-electron chi connectivity index (χ3n) is 3.70. The van der Waals surface area contributed by atoms with Crippen molar-refractivity contribution in [2.75, 3.05) is 6.54 Å². The minimum atomic E-state index is -3.35. The third kappa shape index (κ3) is 3.11. The summed E-state index contributed by atoms with van der Waals surface area (Å²) >= 11 is 4.95. The maximum absolute atomic E-state index is 12.7. The molecule has 1 N–H and O–H groups in total. The van der Waals surface area contributed by atoms with Crippen molar-refractivity contribution in [3.05, 3.63) is 14.7 Å². The Labute approximate surface area is 132 Å². The summed E-state index contributed by atoms with van der Waals surface area (Å²) in [5, 5.41) is 3.42. The fourth-order valence-corrected chi connectivity index (χ4v) is 6.59. The quantitative estimate of drug-likeness (QED) is 0.793. The largest absolute Gasteiger partial charge is 0.309 e. The molecule has 20 heavy (non-hydrogen) atoms. The van der Waals surface area contributed by atoms with Crippen molar-refractivity contribution in [3.8, 4) is 0 Å². The molecule has 3 rings (SSSR count). The molecule has 112 valence electrons. The molecular formula is C13H19BrN2O2S2. The zero-order valence-corrected chi connectivity index (χ0v) is 14.7. The van der Waals surface area contributed by atoms with Crippen LogP contribution in [0.3, 0.4) is 0 Å². The monoisotopic (exact) mass is 378 g/mol. The Bertz CT molecular complexity index is 592. The van der Waals surface area contributed by atoms with E-state index in [1.165, 1.54) is 24.2 Å². The standard InChI is InChI=1S/C13H19BrN2O2S2/c1-2-16(10-5-6-10)20(17,18)12-7-11(19-13(12)14)8-15-9-3-4-9/h7,9-10,15H,2-6,8H2,1H3. The second-order valence-corrected chi connectivity index (χ2v) is 9.76. The van der Waals surface area contributed by atoms with Gasteiger partial charge in [-0.1, -0.05) is 6.92 Å². The lowest BCUT2D eigenvalue weighted by atomic mass is 10.4. The highest BCUT2D eigenvalue weighted by molar-refractivity contribution is 9.11. The molecule has 1 heterocycles. The van der Waals surface area contributed by atoms with Gasteiger partial charge >= 0.3 is 0 Å².